The van der Waals surface area contributed by atoms with Crippen LogP contribution < -0.4 is 0 Å². The number of alkyl halides is 1. The quantitative estimate of drug-likeness (QED) is 0.685. The Hall–Kier alpha value is -0.880. The first-order chi connectivity index (χ1) is 6.99. The van der Waals surface area contributed by atoms with Gasteiger partial charge in [0.05, 0.1) is 13.2 Å². The van der Waals surface area contributed by atoms with Crippen LogP contribution in [0.5, 0.6) is 0 Å². The molecule has 1 aliphatic carbocycles. The molecule has 0 radical (unpaired) electrons. The highest BCUT2D eigenvalue weighted by atomic mass is 19.2. The Balaban J connectivity index is 3.13. The first-order valence-corrected chi connectivity index (χ1v) is 4.11. The lowest BCUT2D eigenvalue weighted by Gasteiger charge is -2.21. The van der Waals surface area contributed by atoms with Crippen LogP contribution in [-0.2, 0) is 9.47 Å². The minimum atomic E-state index is -2.89. The summed E-state index contributed by atoms with van der Waals surface area (Å²) in [7, 11) is 2.27. The fourth-order valence-corrected chi connectivity index (χ4v) is 1.38. The summed E-state index contributed by atoms with van der Waals surface area (Å²) in [6, 6.07) is 0. The maximum Gasteiger partial charge on any atom is 0.214 e. The number of hydrogen-bond acceptors (Lipinski definition) is 2. The van der Waals surface area contributed by atoms with Crippen LogP contribution in [0.2, 0.25) is 0 Å². The second-order valence-corrected chi connectivity index (χ2v) is 3.09. The summed E-state index contributed by atoms with van der Waals surface area (Å²) in [5.74, 6) is -5.16. The van der Waals surface area contributed by atoms with E-state index < -0.39 is 41.9 Å². The van der Waals surface area contributed by atoms with Crippen molar-refractivity contribution in [1.82, 2.24) is 0 Å². The molecule has 6 heteroatoms. The third-order valence-electron chi connectivity index (χ3n) is 2.11. The molecule has 2 nitrogen and oxygen atoms in total. The highest BCUT2D eigenvalue weighted by Gasteiger charge is 2.50. The Labute approximate surface area is 84.2 Å². The van der Waals surface area contributed by atoms with E-state index in [1.54, 1.807) is 0 Å². The van der Waals surface area contributed by atoms with Crippen LogP contribution in [0.3, 0.4) is 0 Å². The molecule has 0 aliphatic heterocycles. The molecule has 1 aliphatic rings. The first-order valence-electron chi connectivity index (χ1n) is 4.11. The fraction of sp³-hybridized carbons (Fsp3) is 0.556. The molecule has 15 heavy (non-hydrogen) atoms. The van der Waals surface area contributed by atoms with Crippen LogP contribution in [0, 0.1) is 0 Å². The highest BCUT2D eigenvalue weighted by molar-refractivity contribution is 5.48. The van der Waals surface area contributed by atoms with E-state index >= 15 is 0 Å². The molecule has 1 atom stereocenters. The largest absolute Gasteiger partial charge is 0.381 e. The molecule has 1 rings (SSSR count). The SMILES string of the molecule is COCC1=C(F)C(F)=C(F)C1(F)COC. The van der Waals surface area contributed by atoms with E-state index in [4.69, 9.17) is 0 Å². The summed E-state index contributed by atoms with van der Waals surface area (Å²) in [5.41, 5.74) is -3.61. The van der Waals surface area contributed by atoms with Crippen molar-refractivity contribution in [3.05, 3.63) is 23.1 Å². The van der Waals surface area contributed by atoms with Gasteiger partial charge in [-0.1, -0.05) is 0 Å². The number of allylic oxidation sites excluding steroid dienone is 2. The van der Waals surface area contributed by atoms with E-state index in [-0.39, 0.29) is 0 Å². The van der Waals surface area contributed by atoms with Crippen molar-refractivity contribution in [2.45, 2.75) is 5.67 Å². The van der Waals surface area contributed by atoms with Gasteiger partial charge in [-0.15, -0.1) is 0 Å². The van der Waals surface area contributed by atoms with Gasteiger partial charge in [0, 0.05) is 19.8 Å². The Morgan fingerprint density at radius 2 is 1.67 bits per heavy atom. The van der Waals surface area contributed by atoms with Crippen molar-refractivity contribution in [3.8, 4) is 0 Å². The molecule has 0 saturated heterocycles. The minimum absolute atomic E-state index is 0.535. The molecule has 86 valence electrons. The van der Waals surface area contributed by atoms with E-state index in [0.717, 1.165) is 7.11 Å². The van der Waals surface area contributed by atoms with Gasteiger partial charge in [-0.3, -0.25) is 0 Å². The second-order valence-electron chi connectivity index (χ2n) is 3.09. The Kier molecular flexibility index (Phi) is 3.51. The van der Waals surface area contributed by atoms with Gasteiger partial charge in [0.15, 0.2) is 17.5 Å². The fourth-order valence-electron chi connectivity index (χ4n) is 1.38. The molecule has 0 fully saturated rings. The van der Waals surface area contributed by atoms with Crippen LogP contribution in [0.1, 0.15) is 0 Å². The third kappa shape index (κ3) is 1.79. The molecule has 0 spiro atoms. The molecule has 0 bridgehead atoms. The second kappa shape index (κ2) is 4.32. The topological polar surface area (TPSA) is 18.5 Å². The predicted molar refractivity (Wildman–Crippen MR) is 45.0 cm³/mol. The summed E-state index contributed by atoms with van der Waals surface area (Å²) in [6.45, 7) is -1.33. The highest BCUT2D eigenvalue weighted by Crippen LogP contribution is 2.45. The zero-order chi connectivity index (χ0) is 11.6. The van der Waals surface area contributed by atoms with Crippen molar-refractivity contribution in [2.24, 2.45) is 0 Å². The van der Waals surface area contributed by atoms with Gasteiger partial charge >= 0.3 is 0 Å². The molecule has 0 heterocycles. The van der Waals surface area contributed by atoms with Crippen LogP contribution in [-0.4, -0.2) is 33.1 Å². The molecule has 0 aromatic rings. The van der Waals surface area contributed by atoms with Gasteiger partial charge in [0.1, 0.15) is 0 Å². The number of hydrogen-bond donors (Lipinski definition) is 0. The Morgan fingerprint density at radius 1 is 1.07 bits per heavy atom. The number of rotatable bonds is 4. The zero-order valence-corrected chi connectivity index (χ0v) is 8.24. The predicted octanol–water partition coefficient (Wildman–Crippen LogP) is 2.38. The molecular weight excluding hydrogens is 216 g/mol. The average molecular weight is 226 g/mol. The monoisotopic (exact) mass is 226 g/mol. The summed E-state index contributed by atoms with van der Waals surface area (Å²) in [5, 5.41) is 0. The van der Waals surface area contributed by atoms with Gasteiger partial charge < -0.3 is 9.47 Å². The summed E-state index contributed by atoms with van der Waals surface area (Å²) in [6.07, 6.45) is 0. The molecule has 0 N–H and O–H groups in total. The van der Waals surface area contributed by atoms with Crippen molar-refractivity contribution >= 4 is 0 Å². The van der Waals surface area contributed by atoms with Gasteiger partial charge in [-0.2, -0.15) is 0 Å². The first kappa shape index (κ1) is 12.2. The smallest absolute Gasteiger partial charge is 0.214 e. The van der Waals surface area contributed by atoms with Crippen molar-refractivity contribution in [1.29, 1.82) is 0 Å². The van der Waals surface area contributed by atoms with Crippen LogP contribution in [0.25, 0.3) is 0 Å². The summed E-state index contributed by atoms with van der Waals surface area (Å²) >= 11 is 0. The van der Waals surface area contributed by atoms with E-state index in [1.165, 1.54) is 7.11 Å². The van der Waals surface area contributed by atoms with Crippen molar-refractivity contribution < 1.29 is 27.0 Å². The van der Waals surface area contributed by atoms with Gasteiger partial charge in [0.2, 0.25) is 5.67 Å². The lowest BCUT2D eigenvalue weighted by atomic mass is 10.00. The van der Waals surface area contributed by atoms with E-state index in [9.17, 15) is 17.6 Å². The van der Waals surface area contributed by atoms with E-state index in [1.807, 2.05) is 0 Å². The molecule has 1 unspecified atom stereocenters. The number of ether oxygens (including phenoxy) is 2. The van der Waals surface area contributed by atoms with Crippen molar-refractivity contribution in [2.75, 3.05) is 27.4 Å². The lowest BCUT2D eigenvalue weighted by molar-refractivity contribution is 0.0652. The van der Waals surface area contributed by atoms with Crippen LogP contribution in [0.15, 0.2) is 23.1 Å². The number of methoxy groups -OCH3 is 2. The summed E-state index contributed by atoms with van der Waals surface area (Å²) in [4.78, 5) is 0. The van der Waals surface area contributed by atoms with Crippen LogP contribution >= 0.6 is 0 Å². The average Bonchev–Trinajstić information content (AvgIpc) is 2.35. The molecule has 0 aromatic carbocycles. The third-order valence-corrected chi connectivity index (χ3v) is 2.11. The van der Waals surface area contributed by atoms with E-state index in [2.05, 4.69) is 9.47 Å². The maximum absolute atomic E-state index is 13.9. The molecular formula is C9H10F4O2. The Bertz CT molecular complexity index is 324. The molecule has 0 aromatic heterocycles. The van der Waals surface area contributed by atoms with Gasteiger partial charge in [-0.25, -0.2) is 17.6 Å². The zero-order valence-electron chi connectivity index (χ0n) is 8.24. The van der Waals surface area contributed by atoms with Crippen molar-refractivity contribution in [3.63, 3.8) is 0 Å². The normalized spacial score (nSPS) is 26.8. The van der Waals surface area contributed by atoms with Gasteiger partial charge in [0.25, 0.3) is 0 Å². The van der Waals surface area contributed by atoms with E-state index in [0.29, 0.717) is 0 Å². The number of halogens is 4. The van der Waals surface area contributed by atoms with Gasteiger partial charge in [-0.05, 0) is 0 Å². The Morgan fingerprint density at radius 3 is 2.13 bits per heavy atom. The minimum Gasteiger partial charge on any atom is -0.381 e. The van der Waals surface area contributed by atoms with Crippen LogP contribution in [0.4, 0.5) is 17.6 Å². The molecule has 0 amide bonds. The molecule has 0 saturated carbocycles. The lowest BCUT2D eigenvalue weighted by Crippen LogP contribution is -2.32. The summed E-state index contributed by atoms with van der Waals surface area (Å²) < 4.78 is 61.7. The maximum atomic E-state index is 13.9. The standard InChI is InChI=1S/C9H10F4O2/c1-14-3-5-6(10)7(11)8(12)9(5,13)4-15-2/h3-4H2,1-2H3.